The Bertz CT molecular complexity index is 1060. The van der Waals surface area contributed by atoms with Crippen LogP contribution in [0.2, 0.25) is 0 Å². The van der Waals surface area contributed by atoms with Crippen LogP contribution in [0.4, 0.5) is 5.69 Å². The second-order valence-electron chi connectivity index (χ2n) is 10.1. The number of nitro benzene ring substituents is 1. The van der Waals surface area contributed by atoms with Crippen LogP contribution in [-0.4, -0.2) is 28.6 Å². The largest absolute Gasteiger partial charge is 0.488 e. The molecule has 0 aliphatic carbocycles. The van der Waals surface area contributed by atoms with Crippen LogP contribution in [0.5, 0.6) is 11.5 Å². The van der Waals surface area contributed by atoms with Gasteiger partial charge in [0.2, 0.25) is 5.91 Å². The van der Waals surface area contributed by atoms with E-state index >= 15 is 0 Å². The molecule has 2 aromatic rings. The van der Waals surface area contributed by atoms with Crippen LogP contribution >= 0.6 is 0 Å². The first-order chi connectivity index (χ1) is 16.9. The van der Waals surface area contributed by atoms with E-state index in [1.54, 1.807) is 18.2 Å². The number of carbonyl (C=O) groups excluding carboxylic acids is 1. The van der Waals surface area contributed by atoms with Gasteiger partial charge in [-0.3, -0.25) is 14.9 Å². The number of unbranched alkanes of at least 4 members (excludes halogenated alkanes) is 1. The Balaban J connectivity index is 1.91. The van der Waals surface area contributed by atoms with E-state index in [0.717, 1.165) is 49.2 Å². The molecule has 196 valence electrons. The van der Waals surface area contributed by atoms with Gasteiger partial charge in [-0.1, -0.05) is 32.0 Å². The molecular weight excluding hydrogens is 456 g/mol. The van der Waals surface area contributed by atoms with Crippen LogP contribution in [-0.2, 0) is 11.2 Å². The summed E-state index contributed by atoms with van der Waals surface area (Å²) in [6.07, 6.45) is 7.28. The monoisotopic (exact) mass is 496 g/mol. The first-order valence-corrected chi connectivity index (χ1v) is 12.7. The summed E-state index contributed by atoms with van der Waals surface area (Å²) in [6.45, 7) is 13.1. The molecule has 0 radical (unpaired) electrons. The predicted molar refractivity (Wildman–Crippen MR) is 145 cm³/mol. The summed E-state index contributed by atoms with van der Waals surface area (Å²) in [5.74, 6) is 1.42. The maximum absolute atomic E-state index is 12.1. The fourth-order valence-electron chi connectivity index (χ4n) is 3.29. The molecule has 0 bridgehead atoms. The highest BCUT2D eigenvalue weighted by atomic mass is 16.6. The maximum Gasteiger partial charge on any atom is 0.270 e. The first-order valence-electron chi connectivity index (χ1n) is 12.7. The zero-order chi connectivity index (χ0) is 26.8. The van der Waals surface area contributed by atoms with Crippen molar-refractivity contribution >= 4 is 17.7 Å². The number of nitrogens with zero attached hydrogens (tertiary/aromatic N) is 1. The van der Waals surface area contributed by atoms with Crippen LogP contribution in [0.25, 0.3) is 6.08 Å². The van der Waals surface area contributed by atoms with E-state index in [1.807, 2.05) is 12.1 Å². The molecule has 7 nitrogen and oxygen atoms in total. The summed E-state index contributed by atoms with van der Waals surface area (Å²) in [5.41, 5.74) is 1.19. The third-order valence-corrected chi connectivity index (χ3v) is 6.20. The molecule has 0 unspecified atom stereocenters. The van der Waals surface area contributed by atoms with Crippen molar-refractivity contribution in [1.82, 2.24) is 5.32 Å². The number of rotatable bonds is 14. The molecule has 2 rings (SSSR count). The number of non-ortho nitro benzene ring substituents is 1. The average molecular weight is 497 g/mol. The molecule has 0 saturated heterocycles. The Hall–Kier alpha value is -3.35. The lowest BCUT2D eigenvalue weighted by atomic mass is 10.0. The Labute approximate surface area is 215 Å². The second-order valence-corrected chi connectivity index (χ2v) is 10.1. The molecule has 0 aliphatic heterocycles. The van der Waals surface area contributed by atoms with Gasteiger partial charge in [-0.05, 0) is 83.1 Å². The van der Waals surface area contributed by atoms with Gasteiger partial charge < -0.3 is 14.8 Å². The van der Waals surface area contributed by atoms with Crippen molar-refractivity contribution in [3.05, 3.63) is 69.8 Å². The van der Waals surface area contributed by atoms with Crippen molar-refractivity contribution in [2.75, 3.05) is 6.54 Å². The first kappa shape index (κ1) is 28.9. The Morgan fingerprint density at radius 1 is 1.00 bits per heavy atom. The van der Waals surface area contributed by atoms with Crippen LogP contribution < -0.4 is 14.8 Å². The van der Waals surface area contributed by atoms with E-state index in [0.29, 0.717) is 12.1 Å². The minimum atomic E-state index is -0.455. The fraction of sp³-hybridized carbons (Fsp3) is 0.483. The zero-order valence-corrected chi connectivity index (χ0v) is 22.4. The highest BCUT2D eigenvalue weighted by molar-refractivity contribution is 5.91. The van der Waals surface area contributed by atoms with Crippen molar-refractivity contribution in [3.8, 4) is 11.5 Å². The topological polar surface area (TPSA) is 90.7 Å². The van der Waals surface area contributed by atoms with Gasteiger partial charge in [-0.25, -0.2) is 0 Å². The molecule has 0 aromatic heterocycles. The summed E-state index contributed by atoms with van der Waals surface area (Å²) < 4.78 is 12.5. The van der Waals surface area contributed by atoms with Crippen LogP contribution in [0.3, 0.4) is 0 Å². The number of hydrogen-bond acceptors (Lipinski definition) is 5. The molecule has 36 heavy (non-hydrogen) atoms. The summed E-state index contributed by atoms with van der Waals surface area (Å²) in [4.78, 5) is 22.5. The van der Waals surface area contributed by atoms with E-state index in [1.165, 1.54) is 18.2 Å². The standard InChI is InChI=1S/C29H40N2O5/c1-7-28(3,4)35-25-17-16-23(26(21-25)36-29(5,6)8-2)13-9-10-19-30-27(32)18-15-22-12-11-14-24(20-22)31(33)34/h11-12,14-18,20-21H,7-10,13,19H2,1-6H3,(H,30,32)/b18-15+. The van der Waals surface area contributed by atoms with Crippen molar-refractivity contribution in [1.29, 1.82) is 0 Å². The Morgan fingerprint density at radius 3 is 2.36 bits per heavy atom. The van der Waals surface area contributed by atoms with E-state index in [4.69, 9.17) is 9.47 Å². The minimum Gasteiger partial charge on any atom is -0.488 e. The molecule has 0 aliphatic rings. The van der Waals surface area contributed by atoms with Crippen LogP contribution in [0.15, 0.2) is 48.5 Å². The number of amides is 1. The molecule has 0 saturated carbocycles. The lowest BCUT2D eigenvalue weighted by molar-refractivity contribution is -0.384. The van der Waals surface area contributed by atoms with Crippen molar-refractivity contribution in [2.24, 2.45) is 0 Å². The number of ether oxygens (including phenoxy) is 2. The molecule has 0 fully saturated rings. The van der Waals surface area contributed by atoms with Crippen molar-refractivity contribution in [2.45, 2.75) is 84.8 Å². The third kappa shape index (κ3) is 9.72. The molecule has 1 N–H and O–H groups in total. The Kier molecular flexibility index (Phi) is 10.5. The highest BCUT2D eigenvalue weighted by Crippen LogP contribution is 2.32. The third-order valence-electron chi connectivity index (χ3n) is 6.20. The normalized spacial score (nSPS) is 11.9. The molecule has 0 spiro atoms. The van der Waals surface area contributed by atoms with E-state index in [9.17, 15) is 14.9 Å². The maximum atomic E-state index is 12.1. The minimum absolute atomic E-state index is 0.00287. The number of nitrogens with one attached hydrogen (secondary N) is 1. The number of nitro groups is 1. The number of hydrogen-bond donors (Lipinski definition) is 1. The summed E-state index contributed by atoms with van der Waals surface area (Å²) >= 11 is 0. The van der Waals surface area contributed by atoms with Gasteiger partial charge in [0.15, 0.2) is 0 Å². The fourth-order valence-corrected chi connectivity index (χ4v) is 3.29. The molecule has 1 amide bonds. The summed E-state index contributed by atoms with van der Waals surface area (Å²) in [6, 6.07) is 12.2. The molecule has 0 atom stereocenters. The predicted octanol–water partition coefficient (Wildman–Crippen LogP) is 6.88. The lowest BCUT2D eigenvalue weighted by Crippen LogP contribution is -2.28. The number of aryl methyl sites for hydroxylation is 1. The van der Waals surface area contributed by atoms with Crippen molar-refractivity contribution < 1.29 is 19.2 Å². The van der Waals surface area contributed by atoms with E-state index < -0.39 is 4.92 Å². The van der Waals surface area contributed by atoms with Crippen LogP contribution in [0, 0.1) is 10.1 Å². The summed E-state index contributed by atoms with van der Waals surface area (Å²) in [5, 5.41) is 13.7. The van der Waals surface area contributed by atoms with E-state index in [2.05, 4.69) is 52.9 Å². The smallest absolute Gasteiger partial charge is 0.270 e. The average Bonchev–Trinajstić information content (AvgIpc) is 2.83. The van der Waals surface area contributed by atoms with Gasteiger partial charge in [0, 0.05) is 30.8 Å². The molecular formula is C29H40N2O5. The molecule has 7 heteroatoms. The van der Waals surface area contributed by atoms with Crippen LogP contribution in [0.1, 0.15) is 78.4 Å². The van der Waals surface area contributed by atoms with Gasteiger partial charge in [-0.2, -0.15) is 0 Å². The van der Waals surface area contributed by atoms with E-state index in [-0.39, 0.29) is 22.8 Å². The van der Waals surface area contributed by atoms with Crippen molar-refractivity contribution in [3.63, 3.8) is 0 Å². The Morgan fingerprint density at radius 2 is 1.69 bits per heavy atom. The van der Waals surface area contributed by atoms with Gasteiger partial charge in [0.1, 0.15) is 22.7 Å². The van der Waals surface area contributed by atoms with Gasteiger partial charge in [-0.15, -0.1) is 0 Å². The quantitative estimate of drug-likeness (QED) is 0.133. The highest BCUT2D eigenvalue weighted by Gasteiger charge is 2.21. The van der Waals surface area contributed by atoms with Gasteiger partial charge in [0.05, 0.1) is 4.92 Å². The molecule has 2 aromatic carbocycles. The summed E-state index contributed by atoms with van der Waals surface area (Å²) in [7, 11) is 0. The van der Waals surface area contributed by atoms with Gasteiger partial charge in [0.25, 0.3) is 5.69 Å². The molecule has 0 heterocycles. The zero-order valence-electron chi connectivity index (χ0n) is 22.4. The number of carbonyl (C=O) groups is 1. The number of benzene rings is 2. The van der Waals surface area contributed by atoms with Gasteiger partial charge >= 0.3 is 0 Å². The second kappa shape index (κ2) is 13.1. The SMILES string of the molecule is CCC(C)(C)Oc1ccc(CCCCNC(=O)/C=C/c2cccc([N+](=O)[O-])c2)c(OC(C)(C)CC)c1. The lowest BCUT2D eigenvalue weighted by Gasteiger charge is -2.29.